The van der Waals surface area contributed by atoms with Gasteiger partial charge in [-0.3, -0.25) is 34.2 Å². The van der Waals surface area contributed by atoms with Crippen LogP contribution >= 0.6 is 0 Å². The molecule has 0 saturated carbocycles. The number of hydrogen-bond acceptors (Lipinski definition) is 8. The van der Waals surface area contributed by atoms with Gasteiger partial charge in [0, 0.05) is 104 Å². The van der Waals surface area contributed by atoms with Gasteiger partial charge in [0.2, 0.25) is 17.7 Å². The van der Waals surface area contributed by atoms with Crippen LogP contribution in [0, 0.1) is 11.3 Å². The Bertz CT molecular complexity index is 2480. The largest absolute Gasteiger partial charge is 0.371 e. The second-order valence-electron chi connectivity index (χ2n) is 17.8. The van der Waals surface area contributed by atoms with Gasteiger partial charge in [-0.2, -0.15) is 5.26 Å². The van der Waals surface area contributed by atoms with Crippen molar-refractivity contribution in [2.24, 2.45) is 0 Å². The fourth-order valence-corrected chi connectivity index (χ4v) is 10.5. The fraction of sp³-hybridized carbons (Fsp3) is 0.458. The third-order valence-corrected chi connectivity index (χ3v) is 14.0. The molecule has 4 amide bonds. The van der Waals surface area contributed by atoms with Gasteiger partial charge in [-0.1, -0.05) is 39.0 Å². The fourth-order valence-electron chi connectivity index (χ4n) is 10.5. The highest BCUT2D eigenvalue weighted by molar-refractivity contribution is 6.20. The Kier molecular flexibility index (Phi) is 10.4. The average molecular weight is 808 g/mol. The molecule has 9 rings (SSSR count). The summed E-state index contributed by atoms with van der Waals surface area (Å²) in [6.45, 7) is 12.1. The number of nitrogens with zero attached hydrogens (tertiary/aromatic N) is 5. The molecule has 2 N–H and O–H groups in total. The number of nitriles is 1. The van der Waals surface area contributed by atoms with Gasteiger partial charge in [0.15, 0.2) is 5.78 Å². The summed E-state index contributed by atoms with van der Waals surface area (Å²) in [5.41, 5.74) is 9.50. The highest BCUT2D eigenvalue weighted by Crippen LogP contribution is 2.46. The van der Waals surface area contributed by atoms with Crippen molar-refractivity contribution in [3.8, 4) is 6.07 Å². The first-order valence-corrected chi connectivity index (χ1v) is 21.8. The van der Waals surface area contributed by atoms with Crippen molar-refractivity contribution >= 4 is 46.0 Å². The van der Waals surface area contributed by atoms with Gasteiger partial charge in [-0.05, 0) is 97.5 Å². The van der Waals surface area contributed by atoms with Gasteiger partial charge in [0.05, 0.1) is 17.2 Å². The highest BCUT2D eigenvalue weighted by atomic mass is 16.2. The number of benzene rings is 3. The Morgan fingerprint density at radius 3 is 2.42 bits per heavy atom. The molecule has 3 aromatic carbocycles. The van der Waals surface area contributed by atoms with Gasteiger partial charge >= 0.3 is 0 Å². The minimum absolute atomic E-state index is 0.0466. The summed E-state index contributed by atoms with van der Waals surface area (Å²) in [4.78, 5) is 76.6. The zero-order valence-corrected chi connectivity index (χ0v) is 34.9. The summed E-state index contributed by atoms with van der Waals surface area (Å²) in [6.07, 6.45) is 6.54. The number of H-pyrrole nitrogens is 1. The number of aryl methyl sites for hydroxylation is 2. The molecule has 0 radical (unpaired) electrons. The number of piperidine rings is 2. The topological polar surface area (TPSA) is 150 Å². The van der Waals surface area contributed by atoms with Crippen molar-refractivity contribution in [2.45, 2.75) is 103 Å². The Balaban J connectivity index is 0.753. The smallest absolute Gasteiger partial charge is 0.255 e. The van der Waals surface area contributed by atoms with Crippen LogP contribution in [0.15, 0.2) is 48.5 Å². The Hall–Kier alpha value is -5.80. The van der Waals surface area contributed by atoms with Crippen molar-refractivity contribution in [1.82, 2.24) is 25.0 Å². The van der Waals surface area contributed by atoms with Crippen LogP contribution in [0.2, 0.25) is 0 Å². The highest BCUT2D eigenvalue weighted by Gasteiger charge is 2.42. The molecule has 0 spiro atoms. The number of fused-ring (bicyclic) bond motifs is 5. The van der Waals surface area contributed by atoms with E-state index in [2.05, 4.69) is 65.1 Å². The molecule has 12 heteroatoms. The lowest BCUT2D eigenvalue weighted by atomic mass is 9.70. The molecule has 5 aliphatic rings. The van der Waals surface area contributed by atoms with E-state index in [1.54, 1.807) is 11.0 Å². The van der Waals surface area contributed by atoms with E-state index in [0.29, 0.717) is 36.6 Å². The van der Waals surface area contributed by atoms with Crippen LogP contribution in [-0.4, -0.2) is 100 Å². The maximum Gasteiger partial charge on any atom is 0.255 e. The quantitative estimate of drug-likeness (QED) is 0.160. The molecular formula is C48H53N7O5. The number of carbonyl (C=O) groups is 5. The number of rotatable bonds is 9. The monoisotopic (exact) mass is 807 g/mol. The molecule has 1 atom stereocenters. The van der Waals surface area contributed by atoms with E-state index in [1.165, 1.54) is 11.3 Å². The van der Waals surface area contributed by atoms with Crippen molar-refractivity contribution in [2.75, 3.05) is 44.2 Å². The zero-order chi connectivity index (χ0) is 41.9. The zero-order valence-electron chi connectivity index (χ0n) is 34.9. The summed E-state index contributed by atoms with van der Waals surface area (Å²) in [6, 6.07) is 17.9. The molecule has 0 bridgehead atoms. The Morgan fingerprint density at radius 2 is 1.68 bits per heavy atom. The number of aromatic nitrogens is 1. The normalized spacial score (nSPS) is 20.6. The Morgan fingerprint density at radius 1 is 0.900 bits per heavy atom. The van der Waals surface area contributed by atoms with Gasteiger partial charge in [0.1, 0.15) is 6.04 Å². The molecule has 5 heterocycles. The van der Waals surface area contributed by atoms with Crippen molar-refractivity contribution in [3.05, 3.63) is 98.7 Å². The lowest BCUT2D eigenvalue weighted by molar-refractivity contribution is -0.137. The number of anilines is 1. The van der Waals surface area contributed by atoms with E-state index in [4.69, 9.17) is 0 Å². The molecule has 1 unspecified atom stereocenters. The van der Waals surface area contributed by atoms with Gasteiger partial charge < -0.3 is 19.7 Å². The second-order valence-corrected chi connectivity index (χ2v) is 17.8. The maximum atomic E-state index is 14.1. The van der Waals surface area contributed by atoms with Gasteiger partial charge in [0.25, 0.3) is 5.91 Å². The first kappa shape index (κ1) is 39.6. The van der Waals surface area contributed by atoms with Gasteiger partial charge in [-0.15, -0.1) is 0 Å². The van der Waals surface area contributed by atoms with Crippen LogP contribution in [0.3, 0.4) is 0 Å². The number of nitrogens with one attached hydrogen (secondary N) is 2. The third-order valence-electron chi connectivity index (χ3n) is 14.0. The van der Waals surface area contributed by atoms with Crippen molar-refractivity contribution in [3.63, 3.8) is 0 Å². The second kappa shape index (κ2) is 15.7. The van der Waals surface area contributed by atoms with E-state index in [0.717, 1.165) is 122 Å². The molecule has 3 fully saturated rings. The van der Waals surface area contributed by atoms with Crippen LogP contribution in [0.1, 0.15) is 126 Å². The third kappa shape index (κ3) is 6.96. The maximum absolute atomic E-state index is 14.1. The number of ketones is 1. The predicted octanol–water partition coefficient (Wildman–Crippen LogP) is 5.76. The summed E-state index contributed by atoms with van der Waals surface area (Å²) < 4.78 is 0. The van der Waals surface area contributed by atoms with Gasteiger partial charge in [-0.25, -0.2) is 0 Å². The van der Waals surface area contributed by atoms with Crippen LogP contribution in [0.25, 0.3) is 10.9 Å². The van der Waals surface area contributed by atoms with Crippen LogP contribution in [0.5, 0.6) is 0 Å². The SMILES string of the molecule is CCc1cc2c(cc1N1CCC(N3CCN(C(=O)CCCCc4ccc5c(c4)CN(C4CCC(=O)NC4=O)C5=O)CC3)CC1)C(C)(C)c1[nH]c3cc(C#N)ccc3c1C2=O. The lowest BCUT2D eigenvalue weighted by Gasteiger charge is -2.44. The Labute approximate surface area is 350 Å². The number of piperazine rings is 1. The first-order valence-electron chi connectivity index (χ1n) is 21.8. The number of hydrogen-bond donors (Lipinski definition) is 2. The number of unbranched alkanes of at least 4 members (excludes halogenated alkanes) is 1. The molecule has 1 aromatic heterocycles. The van der Waals surface area contributed by atoms with E-state index >= 15 is 0 Å². The molecule has 3 saturated heterocycles. The summed E-state index contributed by atoms with van der Waals surface area (Å²) >= 11 is 0. The molecule has 12 nitrogen and oxygen atoms in total. The van der Waals surface area contributed by atoms with Crippen LogP contribution in [0.4, 0.5) is 5.69 Å². The number of aromatic amines is 1. The molecule has 310 valence electrons. The summed E-state index contributed by atoms with van der Waals surface area (Å²) in [5, 5.41) is 12.7. The summed E-state index contributed by atoms with van der Waals surface area (Å²) in [5.74, 6) is -0.588. The van der Waals surface area contributed by atoms with Crippen LogP contribution < -0.4 is 10.2 Å². The number of amides is 4. The number of imide groups is 1. The minimum Gasteiger partial charge on any atom is -0.371 e. The summed E-state index contributed by atoms with van der Waals surface area (Å²) in [7, 11) is 0. The van der Waals surface area contributed by atoms with Crippen molar-refractivity contribution in [1.29, 1.82) is 5.26 Å². The minimum atomic E-state index is -0.616. The predicted molar refractivity (Wildman–Crippen MR) is 228 cm³/mol. The average Bonchev–Trinajstić information content (AvgIpc) is 3.81. The molecule has 4 aliphatic heterocycles. The van der Waals surface area contributed by atoms with Crippen molar-refractivity contribution < 1.29 is 24.0 Å². The van der Waals surface area contributed by atoms with E-state index in [-0.39, 0.29) is 29.9 Å². The lowest BCUT2D eigenvalue weighted by Crippen LogP contribution is -2.54. The van der Waals surface area contributed by atoms with E-state index < -0.39 is 17.4 Å². The van der Waals surface area contributed by atoms with E-state index in [9.17, 15) is 29.2 Å². The first-order chi connectivity index (χ1) is 28.9. The van der Waals surface area contributed by atoms with E-state index in [1.807, 2.05) is 29.2 Å². The molecule has 4 aromatic rings. The number of carbonyl (C=O) groups excluding carboxylic acids is 5. The molecule has 1 aliphatic carbocycles. The molecular weight excluding hydrogens is 755 g/mol. The van der Waals surface area contributed by atoms with Crippen LogP contribution in [-0.2, 0) is 39.2 Å². The molecule has 60 heavy (non-hydrogen) atoms. The standard InChI is InChI=1S/C48H53N7O5/c1-4-31-25-36-37(48(2,3)45-43(44(36)58)35-12-10-30(27-49)24-38(35)50-45)26-40(31)53-17-15-33(16-18-53)52-19-21-54(22-20-52)42(57)8-6-5-7-29-9-11-34-32(23-29)28-55(47(34)60)39-13-14-41(56)51-46(39)59/h9-12,23-26,33,39,50H,4-8,13-22,28H2,1-3H3,(H,51,56,59).